The van der Waals surface area contributed by atoms with E-state index in [0.717, 1.165) is 11.3 Å². The number of nitrogens with zero attached hydrogens (tertiary/aromatic N) is 1. The molecular formula is C13H18F2N2. The molecule has 1 fully saturated rings. The van der Waals surface area contributed by atoms with Crippen LogP contribution in [0.3, 0.4) is 0 Å². The number of anilines is 1. The van der Waals surface area contributed by atoms with Crippen LogP contribution in [-0.4, -0.2) is 19.0 Å². The molecule has 0 aliphatic carbocycles. The van der Waals surface area contributed by atoms with Crippen molar-refractivity contribution in [1.29, 1.82) is 0 Å². The average molecular weight is 240 g/mol. The summed E-state index contributed by atoms with van der Waals surface area (Å²) in [5.74, 6) is -2.49. The van der Waals surface area contributed by atoms with Gasteiger partial charge in [-0.1, -0.05) is 12.1 Å². The van der Waals surface area contributed by atoms with Gasteiger partial charge in [0.1, 0.15) is 0 Å². The van der Waals surface area contributed by atoms with E-state index in [1.54, 1.807) is 0 Å². The topological polar surface area (TPSA) is 29.3 Å². The first-order valence-electron chi connectivity index (χ1n) is 6.02. The van der Waals surface area contributed by atoms with Crippen molar-refractivity contribution >= 4 is 5.69 Å². The van der Waals surface area contributed by atoms with Crippen LogP contribution in [0.4, 0.5) is 14.5 Å². The van der Waals surface area contributed by atoms with Gasteiger partial charge < -0.3 is 10.6 Å². The highest BCUT2D eigenvalue weighted by Crippen LogP contribution is 2.29. The summed E-state index contributed by atoms with van der Waals surface area (Å²) in [6.07, 6.45) is 0.502. The van der Waals surface area contributed by atoms with Crippen LogP contribution in [0.2, 0.25) is 0 Å². The molecule has 0 aromatic heterocycles. The molecule has 0 spiro atoms. The Morgan fingerprint density at radius 3 is 2.47 bits per heavy atom. The quantitative estimate of drug-likeness (QED) is 0.861. The summed E-state index contributed by atoms with van der Waals surface area (Å²) < 4.78 is 26.5. The molecule has 1 saturated heterocycles. The van der Waals surface area contributed by atoms with E-state index in [1.807, 2.05) is 29.2 Å². The van der Waals surface area contributed by atoms with Crippen LogP contribution in [0.25, 0.3) is 0 Å². The lowest BCUT2D eigenvalue weighted by atomic mass is 10.1. The molecule has 1 heterocycles. The molecule has 1 aliphatic heterocycles. The monoisotopic (exact) mass is 240 g/mol. The summed E-state index contributed by atoms with van der Waals surface area (Å²) in [6.45, 7) is 1.64. The molecule has 1 aromatic carbocycles. The molecule has 0 amide bonds. The van der Waals surface area contributed by atoms with Crippen molar-refractivity contribution < 1.29 is 8.78 Å². The molecule has 94 valence electrons. The Hall–Kier alpha value is -1.16. The minimum atomic E-state index is -2.49. The number of halogens is 2. The fourth-order valence-corrected chi connectivity index (χ4v) is 2.16. The average Bonchev–Trinajstić information content (AvgIpc) is 2.50. The lowest BCUT2D eigenvalue weighted by Crippen LogP contribution is -2.25. The van der Waals surface area contributed by atoms with E-state index in [2.05, 4.69) is 0 Å². The predicted molar refractivity (Wildman–Crippen MR) is 65.3 cm³/mol. The van der Waals surface area contributed by atoms with E-state index in [4.69, 9.17) is 5.73 Å². The molecular weight excluding hydrogens is 222 g/mol. The van der Waals surface area contributed by atoms with Gasteiger partial charge >= 0.3 is 0 Å². The molecule has 1 aliphatic rings. The minimum absolute atomic E-state index is 0.00435. The molecule has 0 radical (unpaired) electrons. The van der Waals surface area contributed by atoms with Crippen LogP contribution >= 0.6 is 0 Å². The summed E-state index contributed by atoms with van der Waals surface area (Å²) >= 11 is 0. The second kappa shape index (κ2) is 5.00. The third-order valence-corrected chi connectivity index (χ3v) is 3.26. The van der Waals surface area contributed by atoms with Gasteiger partial charge in [0.25, 0.3) is 0 Å². The van der Waals surface area contributed by atoms with Gasteiger partial charge in [-0.2, -0.15) is 0 Å². The first-order chi connectivity index (χ1) is 8.11. The predicted octanol–water partition coefficient (Wildman–Crippen LogP) is 2.77. The van der Waals surface area contributed by atoms with E-state index in [-0.39, 0.29) is 12.8 Å². The van der Waals surface area contributed by atoms with Gasteiger partial charge in [0.05, 0.1) is 0 Å². The Morgan fingerprint density at radius 1 is 1.12 bits per heavy atom. The Kier molecular flexibility index (Phi) is 3.62. The Bertz CT molecular complexity index is 362. The highest BCUT2D eigenvalue weighted by atomic mass is 19.3. The molecule has 4 heteroatoms. The van der Waals surface area contributed by atoms with E-state index in [0.29, 0.717) is 26.1 Å². The maximum atomic E-state index is 13.2. The standard InChI is InChI=1S/C13H18F2N2/c14-13(15)6-1-8-17(9-7-13)12-4-2-11(10-16)3-5-12/h2-5H,1,6-10,16H2. The van der Waals surface area contributed by atoms with Gasteiger partial charge in [-0.05, 0) is 24.1 Å². The summed E-state index contributed by atoms with van der Waals surface area (Å²) in [5.41, 5.74) is 7.60. The SMILES string of the molecule is NCc1ccc(N2CCCC(F)(F)CC2)cc1. The molecule has 0 saturated carbocycles. The normalized spacial score (nSPS) is 20.1. The van der Waals surface area contributed by atoms with E-state index in [9.17, 15) is 8.78 Å². The third kappa shape index (κ3) is 3.16. The lowest BCUT2D eigenvalue weighted by molar-refractivity contribution is -0.0102. The molecule has 17 heavy (non-hydrogen) atoms. The van der Waals surface area contributed by atoms with Crippen LogP contribution < -0.4 is 10.6 Å². The van der Waals surface area contributed by atoms with Crippen LogP contribution in [0.5, 0.6) is 0 Å². The molecule has 0 atom stereocenters. The second-order valence-electron chi connectivity index (χ2n) is 4.57. The van der Waals surface area contributed by atoms with Crippen molar-refractivity contribution in [3.8, 4) is 0 Å². The van der Waals surface area contributed by atoms with Crippen LogP contribution in [0.1, 0.15) is 24.8 Å². The maximum Gasteiger partial charge on any atom is 0.249 e. The number of alkyl halides is 2. The number of hydrogen-bond acceptors (Lipinski definition) is 2. The van der Waals surface area contributed by atoms with Crippen LogP contribution in [0.15, 0.2) is 24.3 Å². The van der Waals surface area contributed by atoms with Crippen molar-refractivity contribution in [1.82, 2.24) is 0 Å². The van der Waals surface area contributed by atoms with Crippen molar-refractivity contribution in [2.45, 2.75) is 31.7 Å². The van der Waals surface area contributed by atoms with Crippen molar-refractivity contribution in [2.24, 2.45) is 5.73 Å². The smallest absolute Gasteiger partial charge is 0.249 e. The lowest BCUT2D eigenvalue weighted by Gasteiger charge is -2.23. The van der Waals surface area contributed by atoms with E-state index < -0.39 is 5.92 Å². The Morgan fingerprint density at radius 2 is 1.82 bits per heavy atom. The number of hydrogen-bond donors (Lipinski definition) is 1. The summed E-state index contributed by atoms with van der Waals surface area (Å²) in [5, 5.41) is 0. The van der Waals surface area contributed by atoms with Crippen LogP contribution in [-0.2, 0) is 6.54 Å². The van der Waals surface area contributed by atoms with Gasteiger partial charge in [-0.3, -0.25) is 0 Å². The molecule has 1 aromatic rings. The highest BCUT2D eigenvalue weighted by Gasteiger charge is 2.31. The van der Waals surface area contributed by atoms with E-state index in [1.165, 1.54) is 0 Å². The molecule has 2 nitrogen and oxygen atoms in total. The fraction of sp³-hybridized carbons (Fsp3) is 0.538. The zero-order valence-corrected chi connectivity index (χ0v) is 9.83. The molecule has 2 rings (SSSR count). The largest absolute Gasteiger partial charge is 0.371 e. The van der Waals surface area contributed by atoms with E-state index >= 15 is 0 Å². The second-order valence-corrected chi connectivity index (χ2v) is 4.57. The molecule has 2 N–H and O–H groups in total. The van der Waals surface area contributed by atoms with Gasteiger partial charge in [0, 0.05) is 38.2 Å². The van der Waals surface area contributed by atoms with Gasteiger partial charge in [0.2, 0.25) is 5.92 Å². The van der Waals surface area contributed by atoms with Gasteiger partial charge in [0.15, 0.2) is 0 Å². The summed E-state index contributed by atoms with van der Waals surface area (Å²) in [4.78, 5) is 2.03. The zero-order chi connectivity index (χ0) is 12.3. The number of nitrogens with two attached hydrogens (primary N) is 1. The van der Waals surface area contributed by atoms with Gasteiger partial charge in [-0.15, -0.1) is 0 Å². The molecule has 0 bridgehead atoms. The van der Waals surface area contributed by atoms with Gasteiger partial charge in [-0.25, -0.2) is 8.78 Å². The summed E-state index contributed by atoms with van der Waals surface area (Å²) in [7, 11) is 0. The zero-order valence-electron chi connectivity index (χ0n) is 9.83. The maximum absolute atomic E-state index is 13.2. The molecule has 0 unspecified atom stereocenters. The third-order valence-electron chi connectivity index (χ3n) is 3.26. The van der Waals surface area contributed by atoms with Crippen LogP contribution in [0, 0.1) is 0 Å². The highest BCUT2D eigenvalue weighted by molar-refractivity contribution is 5.47. The summed E-state index contributed by atoms with van der Waals surface area (Å²) in [6, 6.07) is 7.84. The first-order valence-corrected chi connectivity index (χ1v) is 6.02. The minimum Gasteiger partial charge on any atom is -0.371 e. The van der Waals surface area contributed by atoms with Crippen molar-refractivity contribution in [3.05, 3.63) is 29.8 Å². The van der Waals surface area contributed by atoms with Crippen molar-refractivity contribution in [2.75, 3.05) is 18.0 Å². The number of rotatable bonds is 2. The first kappa shape index (κ1) is 12.3. The van der Waals surface area contributed by atoms with Crippen molar-refractivity contribution in [3.63, 3.8) is 0 Å². The Labute approximate surface area is 100 Å². The Balaban J connectivity index is 2.06. The number of benzene rings is 1. The fourth-order valence-electron chi connectivity index (χ4n) is 2.16.